The number of carbonyl (C=O) groups excluding carboxylic acids is 3. The zero-order valence-corrected chi connectivity index (χ0v) is 17.0. The molecule has 3 aromatic rings. The van der Waals surface area contributed by atoms with Crippen LogP contribution in [0.4, 0.5) is 0 Å². The predicted molar refractivity (Wildman–Crippen MR) is 115 cm³/mol. The van der Waals surface area contributed by atoms with Gasteiger partial charge < -0.3 is 19.4 Å². The highest BCUT2D eigenvalue weighted by molar-refractivity contribution is 6.18. The standard InChI is InChI=1S/C24H22N2O5/c1-2-30-24(29)19-14-26(23(28)22(31-15-27)16-8-4-3-5-9-16)13-12-18-17-10-6-7-11-20(17)25-21(18)19/h3-11,14-15,22,25H,2,12-13H2,1H3. The van der Waals surface area contributed by atoms with Gasteiger partial charge in [0.25, 0.3) is 12.4 Å². The Morgan fingerprint density at radius 1 is 1.13 bits per heavy atom. The Morgan fingerprint density at radius 3 is 2.61 bits per heavy atom. The summed E-state index contributed by atoms with van der Waals surface area (Å²) in [7, 11) is 0. The Bertz CT molecular complexity index is 1150. The van der Waals surface area contributed by atoms with Crippen LogP contribution in [-0.4, -0.2) is 41.4 Å². The topological polar surface area (TPSA) is 88.7 Å². The number of H-pyrrole nitrogens is 1. The summed E-state index contributed by atoms with van der Waals surface area (Å²) < 4.78 is 10.4. The average Bonchev–Trinajstić information content (AvgIpc) is 3.05. The van der Waals surface area contributed by atoms with E-state index >= 15 is 0 Å². The largest absolute Gasteiger partial charge is 0.462 e. The summed E-state index contributed by atoms with van der Waals surface area (Å²) in [5.41, 5.74) is 3.31. The molecule has 1 aliphatic heterocycles. The molecule has 7 nitrogen and oxygen atoms in total. The van der Waals surface area contributed by atoms with Crippen molar-refractivity contribution in [1.29, 1.82) is 0 Å². The van der Waals surface area contributed by atoms with Crippen LogP contribution >= 0.6 is 0 Å². The van der Waals surface area contributed by atoms with Crippen LogP contribution in [0.5, 0.6) is 0 Å². The molecule has 4 rings (SSSR count). The maximum Gasteiger partial charge on any atom is 0.341 e. The maximum absolute atomic E-state index is 13.3. The molecule has 7 heteroatoms. The molecule has 0 radical (unpaired) electrons. The van der Waals surface area contributed by atoms with Crippen LogP contribution in [0.25, 0.3) is 16.5 Å². The van der Waals surface area contributed by atoms with Crippen molar-refractivity contribution in [2.24, 2.45) is 0 Å². The van der Waals surface area contributed by atoms with Gasteiger partial charge >= 0.3 is 5.97 Å². The number of hydrogen-bond acceptors (Lipinski definition) is 5. The summed E-state index contributed by atoms with van der Waals surface area (Å²) in [5.74, 6) is -0.961. The molecule has 0 fully saturated rings. The Morgan fingerprint density at radius 2 is 1.87 bits per heavy atom. The molecular weight excluding hydrogens is 396 g/mol. The third kappa shape index (κ3) is 3.94. The van der Waals surface area contributed by atoms with Crippen molar-refractivity contribution in [3.63, 3.8) is 0 Å². The number of fused-ring (bicyclic) bond motifs is 3. The number of carbonyl (C=O) groups is 3. The van der Waals surface area contributed by atoms with Gasteiger partial charge in [-0.05, 0) is 25.0 Å². The van der Waals surface area contributed by atoms with Gasteiger partial charge in [-0.25, -0.2) is 4.79 Å². The number of para-hydroxylation sites is 1. The van der Waals surface area contributed by atoms with E-state index in [1.807, 2.05) is 30.3 Å². The molecule has 0 saturated heterocycles. The molecule has 1 unspecified atom stereocenters. The molecule has 2 aromatic carbocycles. The summed E-state index contributed by atoms with van der Waals surface area (Å²) in [4.78, 5) is 41.9. The number of ether oxygens (including phenoxy) is 2. The van der Waals surface area contributed by atoms with E-state index in [9.17, 15) is 14.4 Å². The van der Waals surface area contributed by atoms with E-state index in [1.54, 1.807) is 31.2 Å². The van der Waals surface area contributed by atoms with Gasteiger partial charge in [0.05, 0.1) is 17.9 Å². The lowest BCUT2D eigenvalue weighted by atomic mass is 10.0. The minimum absolute atomic E-state index is 0.209. The molecule has 1 aliphatic rings. The maximum atomic E-state index is 13.3. The van der Waals surface area contributed by atoms with E-state index in [0.717, 1.165) is 16.5 Å². The summed E-state index contributed by atoms with van der Waals surface area (Å²) in [6, 6.07) is 16.6. The number of esters is 1. The number of benzene rings is 2. The fraction of sp³-hybridized carbons (Fsp3) is 0.208. The first-order chi connectivity index (χ1) is 15.1. The molecule has 1 N–H and O–H groups in total. The van der Waals surface area contributed by atoms with Gasteiger partial charge in [-0.15, -0.1) is 0 Å². The highest BCUT2D eigenvalue weighted by Gasteiger charge is 2.31. The van der Waals surface area contributed by atoms with Gasteiger partial charge in [0.2, 0.25) is 6.10 Å². The van der Waals surface area contributed by atoms with E-state index in [1.165, 1.54) is 11.1 Å². The van der Waals surface area contributed by atoms with Gasteiger partial charge in [-0.1, -0.05) is 48.5 Å². The summed E-state index contributed by atoms with van der Waals surface area (Å²) >= 11 is 0. The molecule has 0 spiro atoms. The van der Waals surface area contributed by atoms with E-state index in [4.69, 9.17) is 9.47 Å². The number of hydrogen-bond donors (Lipinski definition) is 1. The number of nitrogens with one attached hydrogen (secondary N) is 1. The second-order valence-corrected chi connectivity index (χ2v) is 7.09. The quantitative estimate of drug-likeness (QED) is 0.490. The summed E-state index contributed by atoms with van der Waals surface area (Å²) in [6.07, 6.45) is 0.908. The lowest BCUT2D eigenvalue weighted by molar-refractivity contribution is -0.150. The first-order valence-electron chi connectivity index (χ1n) is 10.1. The van der Waals surface area contributed by atoms with Crippen LogP contribution in [0.2, 0.25) is 0 Å². The molecule has 2 heterocycles. The van der Waals surface area contributed by atoms with E-state index < -0.39 is 18.0 Å². The van der Waals surface area contributed by atoms with Gasteiger partial charge in [0.1, 0.15) is 0 Å². The van der Waals surface area contributed by atoms with Crippen molar-refractivity contribution in [1.82, 2.24) is 9.88 Å². The van der Waals surface area contributed by atoms with Gasteiger partial charge in [-0.3, -0.25) is 9.59 Å². The first kappa shape index (κ1) is 20.4. The van der Waals surface area contributed by atoms with Crippen LogP contribution in [0.3, 0.4) is 0 Å². The molecule has 0 saturated carbocycles. The fourth-order valence-corrected chi connectivity index (χ4v) is 3.86. The number of nitrogens with zero attached hydrogens (tertiary/aromatic N) is 1. The van der Waals surface area contributed by atoms with Gasteiger partial charge in [-0.2, -0.15) is 0 Å². The summed E-state index contributed by atoms with van der Waals surface area (Å²) in [6.45, 7) is 2.52. The second kappa shape index (κ2) is 8.87. The van der Waals surface area contributed by atoms with Crippen LogP contribution in [0.1, 0.15) is 29.8 Å². The van der Waals surface area contributed by atoms with E-state index in [-0.39, 0.29) is 18.7 Å². The Balaban J connectivity index is 1.76. The summed E-state index contributed by atoms with van der Waals surface area (Å²) in [5, 5.41) is 0.991. The van der Waals surface area contributed by atoms with E-state index in [0.29, 0.717) is 24.2 Å². The number of aromatic nitrogens is 1. The normalized spacial score (nSPS) is 14.2. The third-order valence-electron chi connectivity index (χ3n) is 5.27. The first-order valence-corrected chi connectivity index (χ1v) is 10.1. The van der Waals surface area contributed by atoms with Gasteiger partial charge in [0, 0.05) is 29.2 Å². The molecule has 0 bridgehead atoms. The number of amides is 1. The lowest BCUT2D eigenvalue weighted by Gasteiger charge is -2.23. The molecule has 158 valence electrons. The van der Waals surface area contributed by atoms with Crippen molar-refractivity contribution in [2.75, 3.05) is 13.2 Å². The minimum Gasteiger partial charge on any atom is -0.462 e. The Hall–Kier alpha value is -3.87. The fourth-order valence-electron chi connectivity index (χ4n) is 3.86. The van der Waals surface area contributed by atoms with Crippen LogP contribution in [0.15, 0.2) is 60.8 Å². The van der Waals surface area contributed by atoms with Crippen LogP contribution < -0.4 is 0 Å². The highest BCUT2D eigenvalue weighted by Crippen LogP contribution is 2.32. The van der Waals surface area contributed by atoms with Crippen molar-refractivity contribution in [2.45, 2.75) is 19.4 Å². The van der Waals surface area contributed by atoms with Gasteiger partial charge in [0.15, 0.2) is 0 Å². The molecule has 31 heavy (non-hydrogen) atoms. The SMILES string of the molecule is CCOC(=O)C1=CN(C(=O)C(OC=O)c2ccccc2)CCc2c1[nH]c1ccccc21. The monoisotopic (exact) mass is 418 g/mol. The average molecular weight is 418 g/mol. The number of rotatable bonds is 6. The van der Waals surface area contributed by atoms with Crippen molar-refractivity contribution >= 4 is 34.8 Å². The predicted octanol–water partition coefficient (Wildman–Crippen LogP) is 3.37. The van der Waals surface area contributed by atoms with E-state index in [2.05, 4.69) is 4.98 Å². The van der Waals surface area contributed by atoms with Crippen LogP contribution in [-0.2, 0) is 30.3 Å². The van der Waals surface area contributed by atoms with Crippen LogP contribution in [0, 0.1) is 0 Å². The smallest absolute Gasteiger partial charge is 0.341 e. The molecular formula is C24H22N2O5. The lowest BCUT2D eigenvalue weighted by Crippen LogP contribution is -2.33. The minimum atomic E-state index is -1.11. The molecule has 1 amide bonds. The zero-order valence-electron chi connectivity index (χ0n) is 17.0. The zero-order chi connectivity index (χ0) is 21.8. The highest BCUT2D eigenvalue weighted by atomic mass is 16.5. The van der Waals surface area contributed by atoms with Crippen molar-refractivity contribution in [3.05, 3.63) is 77.6 Å². The van der Waals surface area contributed by atoms with Crippen molar-refractivity contribution in [3.8, 4) is 0 Å². The molecule has 0 aliphatic carbocycles. The van der Waals surface area contributed by atoms with Crippen molar-refractivity contribution < 1.29 is 23.9 Å². The molecule has 1 atom stereocenters. The number of aromatic amines is 1. The molecule has 1 aromatic heterocycles. The Kier molecular flexibility index (Phi) is 5.84. The Labute approximate surface area is 179 Å². The third-order valence-corrected chi connectivity index (χ3v) is 5.27. The second-order valence-electron chi connectivity index (χ2n) is 7.09.